The van der Waals surface area contributed by atoms with Crippen molar-refractivity contribution in [2.45, 2.75) is 46.3 Å². The van der Waals surface area contributed by atoms with Crippen LogP contribution in [0.3, 0.4) is 0 Å². The van der Waals surface area contributed by atoms with Crippen molar-refractivity contribution in [1.29, 1.82) is 0 Å². The average molecular weight is 341 g/mol. The molecule has 2 rings (SSSR count). The molecule has 0 aliphatic heterocycles. The van der Waals surface area contributed by atoms with Gasteiger partial charge in [-0.15, -0.1) is 0 Å². The third-order valence-electron chi connectivity index (χ3n) is 3.97. The van der Waals surface area contributed by atoms with E-state index >= 15 is 0 Å². The van der Waals surface area contributed by atoms with Crippen LogP contribution in [0.5, 0.6) is 11.5 Å². The van der Waals surface area contributed by atoms with Crippen LogP contribution in [-0.4, -0.2) is 18.6 Å². The standard InChI is InChI=1S/C21H27NO3/c1-4-16-7-13-19(14-8-16)25-20(5-2)21(23)22-15-17-9-11-18(12-10-17)24-6-3/h7-14,20H,4-6,15H2,1-3H3,(H,22,23). The fourth-order valence-corrected chi connectivity index (χ4v) is 2.46. The third kappa shape index (κ3) is 5.82. The molecule has 2 aromatic carbocycles. The van der Waals surface area contributed by atoms with Crippen LogP contribution < -0.4 is 14.8 Å². The topological polar surface area (TPSA) is 47.6 Å². The van der Waals surface area contributed by atoms with Crippen LogP contribution in [0.15, 0.2) is 48.5 Å². The molecule has 1 amide bonds. The third-order valence-corrected chi connectivity index (χ3v) is 3.97. The van der Waals surface area contributed by atoms with Crippen molar-refractivity contribution in [3.63, 3.8) is 0 Å². The smallest absolute Gasteiger partial charge is 0.261 e. The van der Waals surface area contributed by atoms with Gasteiger partial charge >= 0.3 is 0 Å². The zero-order chi connectivity index (χ0) is 18.1. The van der Waals surface area contributed by atoms with Gasteiger partial charge in [0.15, 0.2) is 6.10 Å². The number of hydrogen-bond donors (Lipinski definition) is 1. The Morgan fingerprint density at radius 2 is 1.52 bits per heavy atom. The predicted octanol–water partition coefficient (Wildman–Crippen LogP) is 4.12. The zero-order valence-electron chi connectivity index (χ0n) is 15.2. The number of amides is 1. The SMILES string of the molecule is CCOc1ccc(CNC(=O)C(CC)Oc2ccc(CC)cc2)cc1. The summed E-state index contributed by atoms with van der Waals surface area (Å²) in [4.78, 5) is 12.4. The molecule has 1 N–H and O–H groups in total. The fraction of sp³-hybridized carbons (Fsp3) is 0.381. The molecule has 4 nitrogen and oxygen atoms in total. The maximum atomic E-state index is 12.4. The number of nitrogens with one attached hydrogen (secondary N) is 1. The molecule has 134 valence electrons. The van der Waals surface area contributed by atoms with Gasteiger partial charge in [0.2, 0.25) is 0 Å². The number of benzene rings is 2. The van der Waals surface area contributed by atoms with Crippen molar-refractivity contribution in [3.05, 3.63) is 59.7 Å². The normalized spacial score (nSPS) is 11.6. The van der Waals surface area contributed by atoms with E-state index in [4.69, 9.17) is 9.47 Å². The Bertz CT molecular complexity index is 650. The lowest BCUT2D eigenvalue weighted by Crippen LogP contribution is -2.37. The second-order valence-corrected chi connectivity index (χ2v) is 5.81. The maximum absolute atomic E-state index is 12.4. The summed E-state index contributed by atoms with van der Waals surface area (Å²) >= 11 is 0. The van der Waals surface area contributed by atoms with E-state index in [1.54, 1.807) is 0 Å². The van der Waals surface area contributed by atoms with Crippen LogP contribution in [-0.2, 0) is 17.8 Å². The van der Waals surface area contributed by atoms with E-state index in [0.717, 1.165) is 23.5 Å². The van der Waals surface area contributed by atoms with Crippen LogP contribution >= 0.6 is 0 Å². The van der Waals surface area contributed by atoms with Crippen molar-refractivity contribution < 1.29 is 14.3 Å². The quantitative estimate of drug-likeness (QED) is 0.746. The molecule has 0 saturated carbocycles. The van der Waals surface area contributed by atoms with Gasteiger partial charge in [0.25, 0.3) is 5.91 Å². The monoisotopic (exact) mass is 341 g/mol. The van der Waals surface area contributed by atoms with E-state index in [9.17, 15) is 4.79 Å². The molecule has 1 unspecified atom stereocenters. The minimum absolute atomic E-state index is 0.101. The van der Waals surface area contributed by atoms with Crippen LogP contribution in [0.4, 0.5) is 0 Å². The highest BCUT2D eigenvalue weighted by Crippen LogP contribution is 2.16. The van der Waals surface area contributed by atoms with Gasteiger partial charge in [0, 0.05) is 6.54 Å². The van der Waals surface area contributed by atoms with Gasteiger partial charge in [-0.1, -0.05) is 38.1 Å². The summed E-state index contributed by atoms with van der Waals surface area (Å²) < 4.78 is 11.2. The highest BCUT2D eigenvalue weighted by atomic mass is 16.5. The minimum atomic E-state index is -0.491. The Balaban J connectivity index is 1.88. The minimum Gasteiger partial charge on any atom is -0.494 e. The highest BCUT2D eigenvalue weighted by molar-refractivity contribution is 5.81. The van der Waals surface area contributed by atoms with E-state index in [-0.39, 0.29) is 5.91 Å². The van der Waals surface area contributed by atoms with Gasteiger partial charge < -0.3 is 14.8 Å². The van der Waals surface area contributed by atoms with E-state index in [0.29, 0.717) is 19.6 Å². The van der Waals surface area contributed by atoms with E-state index in [2.05, 4.69) is 12.2 Å². The van der Waals surface area contributed by atoms with Gasteiger partial charge in [-0.05, 0) is 55.2 Å². The summed E-state index contributed by atoms with van der Waals surface area (Å²) in [6.07, 6.45) is 1.11. The van der Waals surface area contributed by atoms with Crippen molar-refractivity contribution in [2.75, 3.05) is 6.61 Å². The summed E-state index contributed by atoms with van der Waals surface area (Å²) in [6, 6.07) is 15.6. The van der Waals surface area contributed by atoms with Crippen LogP contribution in [0.25, 0.3) is 0 Å². The number of rotatable bonds is 9. The van der Waals surface area contributed by atoms with Crippen molar-refractivity contribution in [3.8, 4) is 11.5 Å². The fourth-order valence-electron chi connectivity index (χ4n) is 2.46. The van der Waals surface area contributed by atoms with Gasteiger partial charge in [-0.3, -0.25) is 4.79 Å². The Hall–Kier alpha value is -2.49. The van der Waals surface area contributed by atoms with Crippen LogP contribution in [0.1, 0.15) is 38.3 Å². The molecule has 4 heteroatoms. The molecule has 0 aromatic heterocycles. The van der Waals surface area contributed by atoms with Gasteiger partial charge in [-0.25, -0.2) is 0 Å². The maximum Gasteiger partial charge on any atom is 0.261 e. The second-order valence-electron chi connectivity index (χ2n) is 5.81. The van der Waals surface area contributed by atoms with Gasteiger partial charge in [0.1, 0.15) is 11.5 Å². The summed E-state index contributed by atoms with van der Waals surface area (Å²) in [7, 11) is 0. The molecule has 2 aromatic rings. The highest BCUT2D eigenvalue weighted by Gasteiger charge is 2.18. The first kappa shape index (κ1) is 18.8. The Morgan fingerprint density at radius 1 is 0.920 bits per heavy atom. The average Bonchev–Trinajstić information content (AvgIpc) is 2.66. The molecular formula is C21H27NO3. The summed E-state index contributed by atoms with van der Waals surface area (Å²) in [5.74, 6) is 1.46. The van der Waals surface area contributed by atoms with Gasteiger partial charge in [0.05, 0.1) is 6.61 Å². The number of carbonyl (C=O) groups excluding carboxylic acids is 1. The molecule has 0 fully saturated rings. The molecule has 0 saturated heterocycles. The van der Waals surface area contributed by atoms with Crippen LogP contribution in [0, 0.1) is 0 Å². The van der Waals surface area contributed by atoms with Crippen molar-refractivity contribution in [2.24, 2.45) is 0 Å². The number of hydrogen-bond acceptors (Lipinski definition) is 3. The molecule has 1 atom stereocenters. The Labute approximate surface area is 150 Å². The van der Waals surface area contributed by atoms with Crippen molar-refractivity contribution >= 4 is 5.91 Å². The van der Waals surface area contributed by atoms with E-state index in [1.807, 2.05) is 62.4 Å². The Kier molecular flexibility index (Phi) is 7.33. The molecule has 0 aliphatic rings. The first-order valence-corrected chi connectivity index (χ1v) is 8.91. The lowest BCUT2D eigenvalue weighted by atomic mass is 10.1. The first-order valence-electron chi connectivity index (χ1n) is 8.91. The molecule has 25 heavy (non-hydrogen) atoms. The summed E-state index contributed by atoms with van der Waals surface area (Å²) in [5, 5.41) is 2.94. The molecule has 0 spiro atoms. The second kappa shape index (κ2) is 9.72. The number of carbonyl (C=O) groups is 1. The Morgan fingerprint density at radius 3 is 2.08 bits per heavy atom. The van der Waals surface area contributed by atoms with E-state index in [1.165, 1.54) is 5.56 Å². The first-order chi connectivity index (χ1) is 12.2. The number of aryl methyl sites for hydroxylation is 1. The molecule has 0 bridgehead atoms. The molecule has 0 radical (unpaired) electrons. The zero-order valence-corrected chi connectivity index (χ0v) is 15.2. The van der Waals surface area contributed by atoms with Gasteiger partial charge in [-0.2, -0.15) is 0 Å². The number of ether oxygens (including phenoxy) is 2. The lowest BCUT2D eigenvalue weighted by molar-refractivity contribution is -0.128. The van der Waals surface area contributed by atoms with Crippen LogP contribution in [0.2, 0.25) is 0 Å². The predicted molar refractivity (Wildman–Crippen MR) is 100.0 cm³/mol. The largest absolute Gasteiger partial charge is 0.494 e. The molecular weight excluding hydrogens is 314 g/mol. The molecule has 0 aliphatic carbocycles. The summed E-state index contributed by atoms with van der Waals surface area (Å²) in [6.45, 7) is 7.13. The molecule has 0 heterocycles. The summed E-state index contributed by atoms with van der Waals surface area (Å²) in [5.41, 5.74) is 2.28. The lowest BCUT2D eigenvalue weighted by Gasteiger charge is -2.17. The van der Waals surface area contributed by atoms with E-state index < -0.39 is 6.10 Å². The van der Waals surface area contributed by atoms with Crippen molar-refractivity contribution in [1.82, 2.24) is 5.32 Å².